The van der Waals surface area contributed by atoms with Crippen LogP contribution in [0.3, 0.4) is 0 Å². The summed E-state index contributed by atoms with van der Waals surface area (Å²) in [6, 6.07) is 87.0. The lowest BCUT2D eigenvalue weighted by Crippen LogP contribution is -2.01. The van der Waals surface area contributed by atoms with Crippen molar-refractivity contribution in [2.24, 2.45) is 0 Å². The summed E-state index contributed by atoms with van der Waals surface area (Å²) < 4.78 is 0. The van der Waals surface area contributed by atoms with Gasteiger partial charge < -0.3 is 0 Å². The summed E-state index contributed by atoms with van der Waals surface area (Å²) in [5.74, 6) is 1.81. The smallest absolute Gasteiger partial charge is 0.164 e. The van der Waals surface area contributed by atoms with Crippen LogP contribution in [-0.4, -0.2) is 15.0 Å². The fourth-order valence-electron chi connectivity index (χ4n) is 9.61. The molecule has 0 aliphatic carbocycles. The molecule has 0 unspecified atom stereocenters. The first kappa shape index (κ1) is 40.2. The molecule has 12 rings (SSSR count). The van der Waals surface area contributed by atoms with Gasteiger partial charge in [-0.15, -0.1) is 0 Å². The summed E-state index contributed by atoms with van der Waals surface area (Å²) in [5, 5.41) is 17.8. The van der Waals surface area contributed by atoms with E-state index in [1.165, 1.54) is 37.9 Å². The first-order chi connectivity index (χ1) is 33.6. The molecular weight excluding hydrogens is 825 g/mol. The summed E-state index contributed by atoms with van der Waals surface area (Å²) in [6.45, 7) is 0. The maximum absolute atomic E-state index is 10.6. The molecule has 0 aliphatic heterocycles. The quantitative estimate of drug-likeness (QED) is 0.143. The van der Waals surface area contributed by atoms with Crippen molar-refractivity contribution in [2.45, 2.75) is 0 Å². The predicted octanol–water partition coefficient (Wildman–Crippen LogP) is 16.5. The Kier molecular flexibility index (Phi) is 10.2. The van der Waals surface area contributed by atoms with Crippen LogP contribution in [0.4, 0.5) is 0 Å². The van der Waals surface area contributed by atoms with E-state index in [-0.39, 0.29) is 0 Å². The molecule has 12 aromatic rings. The second-order valence-corrected chi connectivity index (χ2v) is 17.0. The molecule has 0 radical (unpaired) electrons. The maximum atomic E-state index is 10.6. The lowest BCUT2D eigenvalue weighted by Gasteiger charge is -2.16. The Morgan fingerprint density at radius 1 is 0.250 bits per heavy atom. The molecule has 1 aromatic heterocycles. The molecule has 11 aromatic carbocycles. The minimum Gasteiger partial charge on any atom is -0.208 e. The van der Waals surface area contributed by atoms with Crippen LogP contribution in [-0.2, 0) is 0 Å². The molecule has 0 saturated carbocycles. The van der Waals surface area contributed by atoms with Gasteiger partial charge in [-0.3, -0.25) is 0 Å². The monoisotopic (exact) mass is 864 g/mol. The van der Waals surface area contributed by atoms with Crippen LogP contribution < -0.4 is 0 Å². The molecule has 0 N–H and O–H groups in total. The van der Waals surface area contributed by atoms with Gasteiger partial charge in [-0.05, 0) is 112 Å². The van der Waals surface area contributed by atoms with E-state index in [0.29, 0.717) is 23.0 Å². The lowest BCUT2D eigenvalue weighted by molar-refractivity contribution is 1.07. The Bertz CT molecular complexity index is 3920. The highest BCUT2D eigenvalue weighted by Crippen LogP contribution is 2.41. The van der Waals surface area contributed by atoms with E-state index in [4.69, 9.17) is 15.0 Å². The van der Waals surface area contributed by atoms with Gasteiger partial charge in [-0.1, -0.05) is 218 Å². The number of hydrogen-bond donors (Lipinski definition) is 0. The van der Waals surface area contributed by atoms with Gasteiger partial charge in [-0.2, -0.15) is 5.26 Å². The van der Waals surface area contributed by atoms with Crippen molar-refractivity contribution in [1.29, 1.82) is 5.26 Å². The highest BCUT2D eigenvalue weighted by atomic mass is 15.0. The van der Waals surface area contributed by atoms with Crippen molar-refractivity contribution in [2.75, 3.05) is 0 Å². The number of benzene rings is 11. The molecule has 0 fully saturated rings. The van der Waals surface area contributed by atoms with E-state index in [0.717, 1.165) is 66.8 Å². The largest absolute Gasteiger partial charge is 0.208 e. The van der Waals surface area contributed by atoms with Gasteiger partial charge in [0, 0.05) is 16.7 Å². The molecule has 4 nitrogen and oxygen atoms in total. The van der Waals surface area contributed by atoms with Crippen molar-refractivity contribution < 1.29 is 0 Å². The number of fused-ring (bicyclic) bond motifs is 4. The summed E-state index contributed by atoms with van der Waals surface area (Å²) >= 11 is 0. The molecule has 0 aliphatic rings. The zero-order chi connectivity index (χ0) is 45.4. The number of nitrogens with zero attached hydrogens (tertiary/aromatic N) is 4. The van der Waals surface area contributed by atoms with Crippen molar-refractivity contribution in [3.05, 3.63) is 248 Å². The Labute approximate surface area is 394 Å². The molecule has 0 saturated heterocycles. The van der Waals surface area contributed by atoms with Gasteiger partial charge in [-0.25, -0.2) is 15.0 Å². The normalized spacial score (nSPS) is 11.2. The molecule has 68 heavy (non-hydrogen) atoms. The second-order valence-electron chi connectivity index (χ2n) is 17.0. The van der Waals surface area contributed by atoms with E-state index >= 15 is 0 Å². The average molecular weight is 865 g/mol. The van der Waals surface area contributed by atoms with Crippen LogP contribution in [0.25, 0.3) is 122 Å². The second kappa shape index (κ2) is 17.2. The third-order valence-electron chi connectivity index (χ3n) is 13.0. The highest BCUT2D eigenvalue weighted by molar-refractivity contribution is 6.15. The SMILES string of the molecule is N#Cc1cc(-c2ccccc2-c2cc3ccccc3c3ccccc23)ccc1-c1ccc(-c2cccc(-c3nc(-c4ccccc4)nc(-c4ccccc4-c4ccc5ccccc5c4)n3)c2)cc1. The molecular formula is C64H40N4. The van der Waals surface area contributed by atoms with Gasteiger partial charge in [0.2, 0.25) is 0 Å². The summed E-state index contributed by atoms with van der Waals surface area (Å²) in [6.07, 6.45) is 0. The summed E-state index contributed by atoms with van der Waals surface area (Å²) in [7, 11) is 0. The molecule has 4 heteroatoms. The van der Waals surface area contributed by atoms with Crippen molar-refractivity contribution >= 4 is 32.3 Å². The molecule has 316 valence electrons. The number of aromatic nitrogens is 3. The Hall–Kier alpha value is -9.30. The molecule has 0 atom stereocenters. The Morgan fingerprint density at radius 3 is 1.56 bits per heavy atom. The van der Waals surface area contributed by atoms with E-state index in [9.17, 15) is 5.26 Å². The maximum Gasteiger partial charge on any atom is 0.164 e. The summed E-state index contributed by atoms with van der Waals surface area (Å²) in [5.41, 5.74) is 13.8. The average Bonchev–Trinajstić information content (AvgIpc) is 3.42. The van der Waals surface area contributed by atoms with E-state index < -0.39 is 0 Å². The molecule has 0 amide bonds. The van der Waals surface area contributed by atoms with Gasteiger partial charge in [0.05, 0.1) is 11.6 Å². The Balaban J connectivity index is 0.881. The van der Waals surface area contributed by atoms with E-state index in [2.05, 4.69) is 206 Å². The zero-order valence-corrected chi connectivity index (χ0v) is 36.9. The fourth-order valence-corrected chi connectivity index (χ4v) is 9.61. The van der Waals surface area contributed by atoms with Gasteiger partial charge in [0.1, 0.15) is 0 Å². The minimum absolute atomic E-state index is 0.592. The van der Waals surface area contributed by atoms with Crippen LogP contribution in [0, 0.1) is 11.3 Å². The molecule has 0 bridgehead atoms. The third kappa shape index (κ3) is 7.45. The van der Waals surface area contributed by atoms with Crippen molar-refractivity contribution in [3.8, 4) is 95.9 Å². The zero-order valence-electron chi connectivity index (χ0n) is 36.9. The lowest BCUT2D eigenvalue weighted by atomic mass is 9.88. The topological polar surface area (TPSA) is 62.5 Å². The van der Waals surface area contributed by atoms with Gasteiger partial charge in [0.15, 0.2) is 17.5 Å². The van der Waals surface area contributed by atoms with Crippen LogP contribution >= 0.6 is 0 Å². The van der Waals surface area contributed by atoms with Crippen molar-refractivity contribution in [3.63, 3.8) is 0 Å². The highest BCUT2D eigenvalue weighted by Gasteiger charge is 2.18. The van der Waals surface area contributed by atoms with Crippen molar-refractivity contribution in [1.82, 2.24) is 15.0 Å². The van der Waals surface area contributed by atoms with E-state index in [1.807, 2.05) is 42.5 Å². The van der Waals surface area contributed by atoms with Crippen LogP contribution in [0.5, 0.6) is 0 Å². The van der Waals surface area contributed by atoms with E-state index in [1.54, 1.807) is 0 Å². The third-order valence-corrected chi connectivity index (χ3v) is 13.0. The standard InChI is InChI=1S/C64H40N4/c65-41-52-39-50(55-23-8-10-26-58(55)61-40-48-19-6-7-22-54(48)57-25-11-12-27-59(57)61)35-36-53(52)44-32-29-43(30-33-44)47-20-14-21-51(38-47)63-66-62(45-16-2-1-3-17-45)67-64(68-63)60-28-13-9-24-56(60)49-34-31-42-15-4-5-18-46(42)37-49/h1-40H. The first-order valence-corrected chi connectivity index (χ1v) is 22.8. The minimum atomic E-state index is 0.592. The van der Waals surface area contributed by atoms with Crippen LogP contribution in [0.1, 0.15) is 5.56 Å². The van der Waals surface area contributed by atoms with Crippen LogP contribution in [0.15, 0.2) is 243 Å². The number of rotatable bonds is 8. The number of hydrogen-bond acceptors (Lipinski definition) is 4. The first-order valence-electron chi connectivity index (χ1n) is 22.8. The van der Waals surface area contributed by atoms with Gasteiger partial charge in [0.25, 0.3) is 0 Å². The molecule has 1 heterocycles. The molecule has 0 spiro atoms. The Morgan fingerprint density at radius 2 is 0.779 bits per heavy atom. The fraction of sp³-hybridized carbons (Fsp3) is 0. The van der Waals surface area contributed by atoms with Gasteiger partial charge >= 0.3 is 0 Å². The predicted molar refractivity (Wildman–Crippen MR) is 281 cm³/mol. The number of nitriles is 1. The summed E-state index contributed by atoms with van der Waals surface area (Å²) in [4.78, 5) is 15.4. The van der Waals surface area contributed by atoms with Crippen LogP contribution in [0.2, 0.25) is 0 Å².